The average molecular weight is 669 g/mol. The van der Waals surface area contributed by atoms with E-state index in [2.05, 4.69) is 76.2 Å². The molecule has 1 radical (unpaired) electrons. The van der Waals surface area contributed by atoms with Crippen LogP contribution in [0.1, 0.15) is 64.2 Å². The van der Waals surface area contributed by atoms with Crippen LogP contribution in [0.25, 0.3) is 44.1 Å². The van der Waals surface area contributed by atoms with Crippen LogP contribution in [0.5, 0.6) is 0 Å². The minimum absolute atomic E-state index is 0. The minimum Gasteiger partial charge on any atom is -0.512 e. The third-order valence-electron chi connectivity index (χ3n) is 6.96. The summed E-state index contributed by atoms with van der Waals surface area (Å²) in [6, 6.07) is 22.8. The van der Waals surface area contributed by atoms with Gasteiger partial charge in [-0.1, -0.05) is 69.0 Å². The first kappa shape index (κ1) is 26.8. The molecule has 1 aliphatic rings. The van der Waals surface area contributed by atoms with E-state index in [1.165, 1.54) is 47.4 Å². The smallest absolute Gasteiger partial charge is 0.155 e. The van der Waals surface area contributed by atoms with E-state index < -0.39 is 0 Å². The second kappa shape index (κ2) is 9.89. The van der Waals surface area contributed by atoms with Gasteiger partial charge in [-0.15, -0.1) is 17.7 Å². The van der Waals surface area contributed by atoms with E-state index in [9.17, 15) is 4.79 Å². The number of rotatable bonds is 2. The molecule has 0 saturated carbocycles. The number of ketones is 1. The van der Waals surface area contributed by atoms with Crippen molar-refractivity contribution < 1.29 is 34.4 Å². The normalized spacial score (nSPS) is 13.8. The topological polar surface area (TPSA) is 63.3 Å². The number of aliphatic hydroxyl groups is 1. The Bertz CT molecular complexity index is 1690. The first-order valence-electron chi connectivity index (χ1n) is 12.3. The Labute approximate surface area is 230 Å². The van der Waals surface area contributed by atoms with Crippen molar-refractivity contribution in [2.75, 3.05) is 0 Å². The van der Waals surface area contributed by atoms with Gasteiger partial charge in [0, 0.05) is 31.6 Å². The molecule has 0 atom stereocenters. The molecule has 0 aliphatic heterocycles. The van der Waals surface area contributed by atoms with Crippen molar-refractivity contribution in [1.29, 1.82) is 0 Å². The fourth-order valence-corrected chi connectivity index (χ4v) is 5.17. The summed E-state index contributed by atoms with van der Waals surface area (Å²) in [5, 5.41) is 11.9. The number of carbonyl (C=O) groups excluding carboxylic acids is 1. The summed E-state index contributed by atoms with van der Waals surface area (Å²) in [6.45, 7) is 11.9. The van der Waals surface area contributed by atoms with Crippen molar-refractivity contribution in [1.82, 2.24) is 4.98 Å². The van der Waals surface area contributed by atoms with Gasteiger partial charge in [-0.3, -0.25) is 9.78 Å². The predicted octanol–water partition coefficient (Wildman–Crippen LogP) is 8.40. The molecular formula is C32H30IrNO3-. The quantitative estimate of drug-likeness (QED) is 0.117. The molecule has 0 bridgehead atoms. The molecule has 0 fully saturated rings. The van der Waals surface area contributed by atoms with E-state index >= 15 is 0 Å². The van der Waals surface area contributed by atoms with E-state index in [0.717, 1.165) is 33.3 Å². The molecule has 191 valence electrons. The second-order valence-electron chi connectivity index (χ2n) is 10.4. The molecular weight excluding hydrogens is 639 g/mol. The van der Waals surface area contributed by atoms with Crippen LogP contribution in [0.15, 0.2) is 70.8 Å². The molecule has 4 nitrogen and oxygen atoms in total. The van der Waals surface area contributed by atoms with Crippen LogP contribution >= 0.6 is 0 Å². The Kier molecular flexibility index (Phi) is 7.16. The zero-order valence-electron chi connectivity index (χ0n) is 21.9. The Hall–Kier alpha value is -3.27. The van der Waals surface area contributed by atoms with E-state index in [4.69, 9.17) is 14.5 Å². The number of aromatic nitrogens is 1. The number of aliphatic hydroxyl groups excluding tert-OH is 1. The van der Waals surface area contributed by atoms with Crippen molar-refractivity contribution in [2.24, 2.45) is 0 Å². The van der Waals surface area contributed by atoms with Gasteiger partial charge in [-0.2, -0.15) is 0 Å². The third kappa shape index (κ3) is 4.63. The SMILES string of the molecule is CC(=O)/C=C(/C)O.CC(C)c1ccc2nc3c(cc2c1)C(C)(C)c1cccc2oc4cc[c-]c-3c4c12.[Ir]. The maximum Gasteiger partial charge on any atom is 0.155 e. The summed E-state index contributed by atoms with van der Waals surface area (Å²) in [5.41, 5.74) is 8.61. The molecule has 5 aromatic rings. The first-order valence-corrected chi connectivity index (χ1v) is 12.3. The Morgan fingerprint density at radius 2 is 1.76 bits per heavy atom. The van der Waals surface area contributed by atoms with Crippen LogP contribution in [-0.4, -0.2) is 15.9 Å². The van der Waals surface area contributed by atoms with Crippen molar-refractivity contribution in [3.8, 4) is 11.3 Å². The fraction of sp³-hybridized carbons (Fsp3) is 0.250. The standard InChI is InChI=1S/C27H22NO.C5H8O2.Ir/c1-15(2)16-11-12-21-17(13-16)14-20-26(28-21)18-7-5-9-22-24(18)25-19(27(20,3)4)8-6-10-23(25)29-22;1-4(6)3-5(2)7;/h5-6,8-15H,1-4H3;3,6H,1-2H3;/q-1;;/b;4-3-;. The summed E-state index contributed by atoms with van der Waals surface area (Å²) in [7, 11) is 0. The Morgan fingerprint density at radius 3 is 2.41 bits per heavy atom. The molecule has 2 heterocycles. The molecule has 6 rings (SSSR count). The second-order valence-corrected chi connectivity index (χ2v) is 10.4. The van der Waals surface area contributed by atoms with Gasteiger partial charge in [0.1, 0.15) is 5.58 Å². The molecule has 1 aliphatic carbocycles. The first-order chi connectivity index (χ1) is 17.1. The summed E-state index contributed by atoms with van der Waals surface area (Å²) >= 11 is 0. The molecule has 0 spiro atoms. The van der Waals surface area contributed by atoms with Gasteiger partial charge in [0.05, 0.1) is 16.9 Å². The number of pyridine rings is 1. The maximum atomic E-state index is 10.0. The van der Waals surface area contributed by atoms with Crippen LogP contribution in [-0.2, 0) is 30.3 Å². The average Bonchev–Trinajstić information content (AvgIpc) is 3.17. The molecule has 37 heavy (non-hydrogen) atoms. The zero-order valence-corrected chi connectivity index (χ0v) is 24.3. The van der Waals surface area contributed by atoms with Crippen molar-refractivity contribution in [3.05, 3.63) is 89.2 Å². The van der Waals surface area contributed by atoms with Crippen molar-refractivity contribution in [2.45, 2.75) is 52.9 Å². The molecule has 0 amide bonds. The molecule has 0 saturated heterocycles. The third-order valence-corrected chi connectivity index (χ3v) is 6.96. The van der Waals surface area contributed by atoms with Gasteiger partial charge in [0.25, 0.3) is 0 Å². The van der Waals surface area contributed by atoms with Gasteiger partial charge < -0.3 is 9.52 Å². The zero-order chi connectivity index (χ0) is 25.8. The summed E-state index contributed by atoms with van der Waals surface area (Å²) in [6.07, 6.45) is 1.17. The molecule has 1 N–H and O–H groups in total. The number of hydrogen-bond donors (Lipinski definition) is 1. The van der Waals surface area contributed by atoms with Crippen LogP contribution < -0.4 is 0 Å². The minimum atomic E-state index is -0.201. The van der Waals surface area contributed by atoms with E-state index in [1.807, 2.05) is 12.1 Å². The van der Waals surface area contributed by atoms with Gasteiger partial charge in [-0.05, 0) is 65.6 Å². The monoisotopic (exact) mass is 669 g/mol. The van der Waals surface area contributed by atoms with Gasteiger partial charge in [0.2, 0.25) is 0 Å². The van der Waals surface area contributed by atoms with Gasteiger partial charge >= 0.3 is 0 Å². The van der Waals surface area contributed by atoms with Crippen LogP contribution in [0.3, 0.4) is 0 Å². The largest absolute Gasteiger partial charge is 0.512 e. The number of furan rings is 1. The van der Waals surface area contributed by atoms with E-state index in [-0.39, 0.29) is 37.1 Å². The van der Waals surface area contributed by atoms with Gasteiger partial charge in [0.15, 0.2) is 5.78 Å². The van der Waals surface area contributed by atoms with Crippen molar-refractivity contribution >= 4 is 38.6 Å². The number of nitrogens with zero attached hydrogens (tertiary/aromatic N) is 1. The summed E-state index contributed by atoms with van der Waals surface area (Å²) in [5.74, 6) is 0.432. The fourth-order valence-electron chi connectivity index (χ4n) is 5.17. The molecule has 3 aromatic carbocycles. The van der Waals surface area contributed by atoms with Crippen LogP contribution in [0, 0.1) is 6.07 Å². The number of fused-ring (bicyclic) bond motifs is 3. The Morgan fingerprint density at radius 1 is 1.03 bits per heavy atom. The number of allylic oxidation sites excluding steroid dienone is 2. The molecule has 0 unspecified atom stereocenters. The summed E-state index contributed by atoms with van der Waals surface area (Å²) < 4.78 is 6.20. The molecule has 2 aromatic heterocycles. The van der Waals surface area contributed by atoms with Crippen LogP contribution in [0.4, 0.5) is 0 Å². The maximum absolute atomic E-state index is 10.0. The Balaban J connectivity index is 0.000000356. The molecule has 5 heteroatoms. The number of hydrogen-bond acceptors (Lipinski definition) is 4. The van der Waals surface area contributed by atoms with Crippen LogP contribution in [0.2, 0.25) is 0 Å². The number of carbonyl (C=O) groups is 1. The van der Waals surface area contributed by atoms with E-state index in [1.54, 1.807) is 0 Å². The predicted molar refractivity (Wildman–Crippen MR) is 147 cm³/mol. The summed E-state index contributed by atoms with van der Waals surface area (Å²) in [4.78, 5) is 15.2. The van der Waals surface area contributed by atoms with Gasteiger partial charge in [-0.25, -0.2) is 0 Å². The number of benzene rings is 3. The van der Waals surface area contributed by atoms with Crippen molar-refractivity contribution in [3.63, 3.8) is 0 Å². The van der Waals surface area contributed by atoms with E-state index in [0.29, 0.717) is 5.92 Å².